The molecule has 0 bridgehead atoms. The van der Waals surface area contributed by atoms with E-state index in [-0.39, 0.29) is 0 Å². The van der Waals surface area contributed by atoms with E-state index in [0.29, 0.717) is 12.1 Å². The van der Waals surface area contributed by atoms with Crippen LogP contribution in [0.5, 0.6) is 0 Å². The average Bonchev–Trinajstić information content (AvgIpc) is 2.67. The van der Waals surface area contributed by atoms with Gasteiger partial charge in [0.25, 0.3) is 0 Å². The van der Waals surface area contributed by atoms with Gasteiger partial charge in [0.2, 0.25) is 0 Å². The highest BCUT2D eigenvalue weighted by Gasteiger charge is 2.16. The van der Waals surface area contributed by atoms with Crippen molar-refractivity contribution in [2.24, 2.45) is 11.8 Å². The molecular formula is C16H29NO. The molecule has 0 radical (unpaired) electrons. The lowest BCUT2D eigenvalue weighted by Gasteiger charge is -2.26. The third-order valence-corrected chi connectivity index (χ3v) is 3.12. The Bertz CT molecular complexity index is 293. The smallest absolute Gasteiger partial charge is 0.105 e. The van der Waals surface area contributed by atoms with Crippen LogP contribution in [0.25, 0.3) is 0 Å². The average molecular weight is 251 g/mol. The molecule has 1 unspecified atom stereocenters. The van der Waals surface area contributed by atoms with Crippen LogP contribution in [0, 0.1) is 11.8 Å². The molecular weight excluding hydrogens is 222 g/mol. The van der Waals surface area contributed by atoms with Crippen molar-refractivity contribution in [3.63, 3.8) is 0 Å². The first-order valence-corrected chi connectivity index (χ1v) is 7.25. The normalized spacial score (nSPS) is 13.8. The Morgan fingerprint density at radius 2 is 1.67 bits per heavy atom. The molecule has 104 valence electrons. The molecule has 2 nitrogen and oxygen atoms in total. The second-order valence-electron chi connectivity index (χ2n) is 6.31. The summed E-state index contributed by atoms with van der Waals surface area (Å²) < 4.78 is 5.41. The van der Waals surface area contributed by atoms with E-state index in [1.54, 1.807) is 6.26 Å². The van der Waals surface area contributed by atoms with Crippen molar-refractivity contribution in [3.05, 3.63) is 24.2 Å². The molecule has 0 aromatic carbocycles. The summed E-state index contributed by atoms with van der Waals surface area (Å²) in [5.74, 6) is 2.57. The number of furan rings is 1. The highest BCUT2D eigenvalue weighted by atomic mass is 16.3. The van der Waals surface area contributed by atoms with Gasteiger partial charge >= 0.3 is 0 Å². The number of nitrogens with one attached hydrogen (secondary N) is 1. The molecule has 1 rings (SSSR count). The predicted octanol–water partition coefficient (Wildman–Crippen LogP) is 4.26. The lowest BCUT2D eigenvalue weighted by Crippen LogP contribution is -2.39. The van der Waals surface area contributed by atoms with Crippen LogP contribution < -0.4 is 5.32 Å². The Balaban J connectivity index is 2.43. The summed E-state index contributed by atoms with van der Waals surface area (Å²) in [6.45, 7) is 11.4. The van der Waals surface area contributed by atoms with E-state index in [2.05, 4.69) is 46.0 Å². The fourth-order valence-corrected chi connectivity index (χ4v) is 2.56. The zero-order valence-corrected chi connectivity index (χ0v) is 12.6. The van der Waals surface area contributed by atoms with Crippen molar-refractivity contribution in [1.82, 2.24) is 5.32 Å². The van der Waals surface area contributed by atoms with Gasteiger partial charge in [-0.15, -0.1) is 0 Å². The number of hydrogen-bond donors (Lipinski definition) is 1. The molecule has 18 heavy (non-hydrogen) atoms. The first-order chi connectivity index (χ1) is 8.47. The van der Waals surface area contributed by atoms with Gasteiger partial charge in [0.05, 0.1) is 6.26 Å². The van der Waals surface area contributed by atoms with Crippen molar-refractivity contribution in [3.8, 4) is 0 Å². The highest BCUT2D eigenvalue weighted by Crippen LogP contribution is 2.15. The molecule has 0 amide bonds. The first-order valence-electron chi connectivity index (χ1n) is 7.25. The lowest BCUT2D eigenvalue weighted by molar-refractivity contribution is 0.325. The van der Waals surface area contributed by atoms with Crippen LogP contribution in [-0.4, -0.2) is 12.1 Å². The summed E-state index contributed by atoms with van der Waals surface area (Å²) in [5, 5.41) is 3.76. The van der Waals surface area contributed by atoms with Gasteiger partial charge in [0.15, 0.2) is 0 Å². The van der Waals surface area contributed by atoms with Crippen molar-refractivity contribution in [1.29, 1.82) is 0 Å². The van der Waals surface area contributed by atoms with Gasteiger partial charge in [-0.25, -0.2) is 0 Å². The Morgan fingerprint density at radius 1 is 1.06 bits per heavy atom. The Labute approximate surface area is 112 Å². The summed E-state index contributed by atoms with van der Waals surface area (Å²) in [5.41, 5.74) is 0. The zero-order chi connectivity index (χ0) is 13.5. The largest absolute Gasteiger partial charge is 0.469 e. The van der Waals surface area contributed by atoms with Crippen LogP contribution >= 0.6 is 0 Å². The Kier molecular flexibility index (Phi) is 6.48. The van der Waals surface area contributed by atoms with Crippen LogP contribution in [0.1, 0.15) is 53.2 Å². The SMILES string of the molecule is CC(C)CC(CC(C)C)NC(C)Cc1ccco1. The molecule has 1 N–H and O–H groups in total. The first kappa shape index (κ1) is 15.3. The molecule has 2 heteroatoms. The maximum atomic E-state index is 5.41. The van der Waals surface area contributed by atoms with Gasteiger partial charge in [0.1, 0.15) is 5.76 Å². The summed E-state index contributed by atoms with van der Waals surface area (Å²) in [7, 11) is 0. The molecule has 0 aliphatic carbocycles. The third-order valence-electron chi connectivity index (χ3n) is 3.12. The fourth-order valence-electron chi connectivity index (χ4n) is 2.56. The number of rotatable bonds is 8. The molecule has 1 heterocycles. The summed E-state index contributed by atoms with van der Waals surface area (Å²) in [6.07, 6.45) is 5.23. The van der Waals surface area contributed by atoms with Gasteiger partial charge in [0, 0.05) is 18.5 Å². The van der Waals surface area contributed by atoms with E-state index in [4.69, 9.17) is 4.42 Å². The van der Waals surface area contributed by atoms with Gasteiger partial charge in [-0.2, -0.15) is 0 Å². The van der Waals surface area contributed by atoms with E-state index in [0.717, 1.165) is 24.0 Å². The van der Waals surface area contributed by atoms with Gasteiger partial charge in [-0.05, 0) is 43.7 Å². The third kappa shape index (κ3) is 6.25. The van der Waals surface area contributed by atoms with Gasteiger partial charge in [-0.3, -0.25) is 0 Å². The summed E-state index contributed by atoms with van der Waals surface area (Å²) >= 11 is 0. The molecule has 0 spiro atoms. The van der Waals surface area contributed by atoms with Crippen molar-refractivity contribution in [2.75, 3.05) is 0 Å². The number of hydrogen-bond acceptors (Lipinski definition) is 2. The van der Waals surface area contributed by atoms with E-state index >= 15 is 0 Å². The minimum absolute atomic E-state index is 0.471. The van der Waals surface area contributed by atoms with E-state index in [9.17, 15) is 0 Å². The van der Waals surface area contributed by atoms with Crippen molar-refractivity contribution in [2.45, 2.75) is 66.0 Å². The van der Waals surface area contributed by atoms with E-state index in [1.807, 2.05) is 6.07 Å². The van der Waals surface area contributed by atoms with Crippen LogP contribution in [0.15, 0.2) is 22.8 Å². The molecule has 0 saturated carbocycles. The molecule has 0 aliphatic heterocycles. The molecule has 1 aromatic rings. The predicted molar refractivity (Wildman–Crippen MR) is 77.7 cm³/mol. The maximum absolute atomic E-state index is 5.41. The molecule has 1 atom stereocenters. The summed E-state index contributed by atoms with van der Waals surface area (Å²) in [6, 6.07) is 5.11. The molecule has 1 aromatic heterocycles. The highest BCUT2D eigenvalue weighted by molar-refractivity contribution is 5.00. The standard InChI is InChI=1S/C16H29NO/c1-12(2)9-15(10-13(3)4)17-14(5)11-16-7-6-8-18-16/h6-8,12-15,17H,9-11H2,1-5H3. The Morgan fingerprint density at radius 3 is 2.11 bits per heavy atom. The van der Waals surface area contributed by atoms with Crippen LogP contribution in [0.3, 0.4) is 0 Å². The zero-order valence-electron chi connectivity index (χ0n) is 12.6. The van der Waals surface area contributed by atoms with Crippen molar-refractivity contribution >= 4 is 0 Å². The van der Waals surface area contributed by atoms with Gasteiger partial charge in [-0.1, -0.05) is 27.7 Å². The summed E-state index contributed by atoms with van der Waals surface area (Å²) in [4.78, 5) is 0. The molecule has 0 saturated heterocycles. The van der Waals surface area contributed by atoms with Crippen LogP contribution in [0.2, 0.25) is 0 Å². The quantitative estimate of drug-likeness (QED) is 0.746. The fraction of sp³-hybridized carbons (Fsp3) is 0.750. The van der Waals surface area contributed by atoms with E-state index < -0.39 is 0 Å². The minimum Gasteiger partial charge on any atom is -0.469 e. The molecule has 0 aliphatic rings. The van der Waals surface area contributed by atoms with Crippen molar-refractivity contribution < 1.29 is 4.42 Å². The Hall–Kier alpha value is -0.760. The maximum Gasteiger partial charge on any atom is 0.105 e. The molecule has 0 fully saturated rings. The second-order valence-corrected chi connectivity index (χ2v) is 6.31. The lowest BCUT2D eigenvalue weighted by atomic mass is 9.94. The topological polar surface area (TPSA) is 25.2 Å². The second kappa shape index (κ2) is 7.63. The van der Waals surface area contributed by atoms with Gasteiger partial charge < -0.3 is 9.73 Å². The minimum atomic E-state index is 0.471. The monoisotopic (exact) mass is 251 g/mol. The van der Waals surface area contributed by atoms with Crippen LogP contribution in [0.4, 0.5) is 0 Å². The van der Waals surface area contributed by atoms with E-state index in [1.165, 1.54) is 12.8 Å². The van der Waals surface area contributed by atoms with Crippen LogP contribution in [-0.2, 0) is 6.42 Å².